The molecular weight excluding hydrogens is 388 g/mol. The van der Waals surface area contributed by atoms with Crippen molar-refractivity contribution < 1.29 is 14.3 Å². The van der Waals surface area contributed by atoms with E-state index >= 15 is 0 Å². The van der Waals surface area contributed by atoms with Crippen molar-refractivity contribution >= 4 is 5.91 Å². The Bertz CT molecular complexity index is 1050. The van der Waals surface area contributed by atoms with Gasteiger partial charge < -0.3 is 14.8 Å². The molecule has 6 rings (SSSR count). The maximum Gasteiger partial charge on any atom is 0.256 e. The summed E-state index contributed by atoms with van der Waals surface area (Å²) in [6.45, 7) is 1.42. The summed E-state index contributed by atoms with van der Waals surface area (Å²) in [7, 11) is 1.61. The van der Waals surface area contributed by atoms with Crippen molar-refractivity contribution in [3.8, 4) is 5.88 Å². The van der Waals surface area contributed by atoms with E-state index in [0.29, 0.717) is 49.0 Å². The minimum Gasteiger partial charge on any atom is -0.475 e. The Balaban J connectivity index is 1.35. The van der Waals surface area contributed by atoms with Gasteiger partial charge in [-0.2, -0.15) is 0 Å². The number of carbonyl (C=O) groups excluding carboxylic acids is 1. The van der Waals surface area contributed by atoms with Crippen LogP contribution in [-0.2, 0) is 4.74 Å². The summed E-state index contributed by atoms with van der Waals surface area (Å²) in [6, 6.07) is 21.0. The number of rotatable bonds is 7. The van der Waals surface area contributed by atoms with Gasteiger partial charge in [0, 0.05) is 31.7 Å². The number of methoxy groups -OCH3 is 1. The molecule has 3 aromatic rings. The molecule has 0 aliphatic heterocycles. The first-order chi connectivity index (χ1) is 15.3. The van der Waals surface area contributed by atoms with Crippen LogP contribution in [0.2, 0.25) is 0 Å². The van der Waals surface area contributed by atoms with Gasteiger partial charge in [-0.05, 0) is 46.7 Å². The fourth-order valence-electron chi connectivity index (χ4n) is 5.18. The molecule has 5 heteroatoms. The normalized spacial score (nSPS) is 20.6. The van der Waals surface area contributed by atoms with Crippen molar-refractivity contribution in [3.63, 3.8) is 0 Å². The lowest BCUT2D eigenvalue weighted by molar-refractivity contribution is 0.0933. The number of hydrogen-bond acceptors (Lipinski definition) is 4. The van der Waals surface area contributed by atoms with Crippen LogP contribution in [0.15, 0.2) is 66.9 Å². The lowest BCUT2D eigenvalue weighted by Gasteiger charge is -2.45. The van der Waals surface area contributed by atoms with E-state index in [1.807, 2.05) is 0 Å². The summed E-state index contributed by atoms with van der Waals surface area (Å²) in [5.74, 6) is 1.25. The summed E-state index contributed by atoms with van der Waals surface area (Å²) < 4.78 is 10.7. The molecule has 1 aromatic heterocycles. The molecule has 3 aliphatic rings. The zero-order valence-corrected chi connectivity index (χ0v) is 17.6. The third-order valence-electron chi connectivity index (χ3n) is 6.49. The zero-order chi connectivity index (χ0) is 21.2. The van der Waals surface area contributed by atoms with Crippen LogP contribution < -0.4 is 10.1 Å². The largest absolute Gasteiger partial charge is 0.475 e. The van der Waals surface area contributed by atoms with E-state index in [9.17, 15) is 4.79 Å². The monoisotopic (exact) mass is 414 g/mol. The van der Waals surface area contributed by atoms with Gasteiger partial charge in [0.15, 0.2) is 0 Å². The molecule has 0 saturated heterocycles. The van der Waals surface area contributed by atoms with Crippen LogP contribution in [0, 0.1) is 5.92 Å². The van der Waals surface area contributed by atoms with Gasteiger partial charge in [-0.15, -0.1) is 0 Å². The van der Waals surface area contributed by atoms with Crippen molar-refractivity contribution in [3.05, 3.63) is 94.7 Å². The first-order valence-electron chi connectivity index (χ1n) is 10.8. The van der Waals surface area contributed by atoms with Gasteiger partial charge in [0.2, 0.25) is 5.88 Å². The Hall–Kier alpha value is -3.18. The predicted molar refractivity (Wildman–Crippen MR) is 119 cm³/mol. The number of hydrogen-bond donors (Lipinski definition) is 1. The van der Waals surface area contributed by atoms with E-state index in [0.717, 1.165) is 6.42 Å². The average Bonchev–Trinajstić information content (AvgIpc) is 2.83. The van der Waals surface area contributed by atoms with Crippen molar-refractivity contribution in [1.29, 1.82) is 0 Å². The summed E-state index contributed by atoms with van der Waals surface area (Å²) in [6.07, 6.45) is 2.68. The standard InChI is InChI=1S/C26H26N2O3/c1-30-13-14-31-26-22(11-6-12-27-26)25(29)28-16-17-15-23-18-7-2-4-9-20(18)24(17)21-10-5-3-8-19(21)23/h2-12,17,23-24H,13-16H2,1H3,(H,28,29). The lowest BCUT2D eigenvalue weighted by atomic mass is 9.59. The van der Waals surface area contributed by atoms with Gasteiger partial charge >= 0.3 is 0 Å². The molecule has 2 aromatic carbocycles. The molecule has 1 amide bonds. The Kier molecular flexibility index (Phi) is 5.43. The number of nitrogens with zero attached hydrogens (tertiary/aromatic N) is 1. The maximum atomic E-state index is 13.0. The van der Waals surface area contributed by atoms with Crippen molar-refractivity contribution in [1.82, 2.24) is 10.3 Å². The van der Waals surface area contributed by atoms with E-state index in [4.69, 9.17) is 9.47 Å². The zero-order valence-electron chi connectivity index (χ0n) is 17.6. The van der Waals surface area contributed by atoms with Crippen molar-refractivity contribution in [2.24, 2.45) is 5.92 Å². The Morgan fingerprint density at radius 2 is 1.65 bits per heavy atom. The van der Waals surface area contributed by atoms with Gasteiger partial charge in [-0.3, -0.25) is 4.79 Å². The highest BCUT2D eigenvalue weighted by molar-refractivity contribution is 5.96. The Morgan fingerprint density at radius 3 is 2.32 bits per heavy atom. The number of carbonyl (C=O) groups is 1. The molecule has 1 N–H and O–H groups in total. The minimum absolute atomic E-state index is 0.150. The number of amides is 1. The SMILES string of the molecule is COCCOc1ncccc1C(=O)NCC1CC2c3ccccc3C1c1ccccc12. The highest BCUT2D eigenvalue weighted by Crippen LogP contribution is 2.55. The van der Waals surface area contributed by atoms with Crippen LogP contribution in [0.1, 0.15) is 50.9 Å². The number of ether oxygens (including phenoxy) is 2. The molecule has 1 atom stereocenters. The molecule has 0 radical (unpaired) electrons. The number of fused-ring (bicyclic) bond motifs is 1. The molecular formula is C26H26N2O3. The lowest BCUT2D eigenvalue weighted by Crippen LogP contribution is -2.39. The van der Waals surface area contributed by atoms with E-state index in [2.05, 4.69) is 58.8 Å². The van der Waals surface area contributed by atoms with Crippen LogP contribution >= 0.6 is 0 Å². The van der Waals surface area contributed by atoms with Gasteiger partial charge in [0.05, 0.1) is 6.61 Å². The number of pyridine rings is 1. The van der Waals surface area contributed by atoms with E-state index < -0.39 is 0 Å². The van der Waals surface area contributed by atoms with Crippen LogP contribution in [0.3, 0.4) is 0 Å². The molecule has 31 heavy (non-hydrogen) atoms. The third-order valence-corrected chi connectivity index (χ3v) is 6.49. The molecule has 0 spiro atoms. The van der Waals surface area contributed by atoms with Gasteiger partial charge in [-0.1, -0.05) is 48.5 Å². The minimum atomic E-state index is -0.150. The highest BCUT2D eigenvalue weighted by atomic mass is 16.5. The van der Waals surface area contributed by atoms with E-state index in [1.165, 1.54) is 22.3 Å². The van der Waals surface area contributed by atoms with Crippen LogP contribution in [0.25, 0.3) is 0 Å². The first-order valence-corrected chi connectivity index (χ1v) is 10.8. The topological polar surface area (TPSA) is 60.5 Å². The van der Waals surface area contributed by atoms with E-state index in [1.54, 1.807) is 25.4 Å². The fourth-order valence-corrected chi connectivity index (χ4v) is 5.18. The summed E-state index contributed by atoms with van der Waals surface area (Å²) in [5, 5.41) is 3.16. The second-order valence-electron chi connectivity index (χ2n) is 8.19. The molecule has 3 aliphatic carbocycles. The average molecular weight is 415 g/mol. The molecule has 1 unspecified atom stereocenters. The number of nitrogens with one attached hydrogen (secondary N) is 1. The number of aromatic nitrogens is 1. The molecule has 1 heterocycles. The van der Waals surface area contributed by atoms with E-state index in [-0.39, 0.29) is 5.91 Å². The molecule has 0 fully saturated rings. The van der Waals surface area contributed by atoms with Crippen molar-refractivity contribution in [2.75, 3.05) is 26.9 Å². The summed E-state index contributed by atoms with van der Waals surface area (Å²) >= 11 is 0. The van der Waals surface area contributed by atoms with Gasteiger partial charge in [0.25, 0.3) is 5.91 Å². The maximum absolute atomic E-state index is 13.0. The summed E-state index contributed by atoms with van der Waals surface area (Å²) in [4.78, 5) is 17.2. The van der Waals surface area contributed by atoms with Crippen LogP contribution in [-0.4, -0.2) is 37.8 Å². The first kappa shape index (κ1) is 19.8. The smallest absolute Gasteiger partial charge is 0.256 e. The molecule has 0 saturated carbocycles. The molecule has 2 bridgehead atoms. The third kappa shape index (κ3) is 3.59. The van der Waals surface area contributed by atoms with Gasteiger partial charge in [0.1, 0.15) is 12.2 Å². The second kappa shape index (κ2) is 8.52. The quantitative estimate of drug-likeness (QED) is 0.591. The van der Waals surface area contributed by atoms with Gasteiger partial charge in [-0.25, -0.2) is 4.98 Å². The molecule has 158 valence electrons. The van der Waals surface area contributed by atoms with Crippen LogP contribution in [0.5, 0.6) is 5.88 Å². The van der Waals surface area contributed by atoms with Crippen LogP contribution in [0.4, 0.5) is 0 Å². The van der Waals surface area contributed by atoms with Crippen molar-refractivity contribution in [2.45, 2.75) is 18.3 Å². The Labute approximate surface area is 182 Å². The number of benzene rings is 2. The predicted octanol–water partition coefficient (Wildman–Crippen LogP) is 4.13. The summed E-state index contributed by atoms with van der Waals surface area (Å²) in [5.41, 5.74) is 6.15. The molecule has 5 nitrogen and oxygen atoms in total. The second-order valence-corrected chi connectivity index (χ2v) is 8.19. The fraction of sp³-hybridized carbons (Fsp3) is 0.308. The Morgan fingerprint density at radius 1 is 0.968 bits per heavy atom. The highest BCUT2D eigenvalue weighted by Gasteiger charge is 2.42.